The number of hydrogen-bond donors (Lipinski definition) is 0. The van der Waals surface area contributed by atoms with E-state index in [1.54, 1.807) is 0 Å². The quantitative estimate of drug-likeness (QED) is 0.376. The number of carbonyl (C=O) groups is 1. The van der Waals surface area contributed by atoms with Gasteiger partial charge in [-0.3, -0.25) is 4.79 Å². The van der Waals surface area contributed by atoms with Gasteiger partial charge >= 0.3 is 0 Å². The van der Waals surface area contributed by atoms with E-state index >= 15 is 0 Å². The Labute approximate surface area is 81.9 Å². The molecule has 0 heterocycles. The number of ketones is 1. The van der Waals surface area contributed by atoms with Crippen LogP contribution in [0.15, 0.2) is 24.3 Å². The maximum atomic E-state index is 12.5. The average molecular weight is 188 g/mol. The van der Waals surface area contributed by atoms with Gasteiger partial charge in [0.1, 0.15) is 5.82 Å². The average Bonchev–Trinajstić information content (AvgIpc) is 2.99. The minimum Gasteiger partial charge on any atom is -0.279 e. The zero-order chi connectivity index (χ0) is 9.97. The molecule has 1 aromatic rings. The number of halogens is 1. The monoisotopic (exact) mass is 188 g/mol. The molecule has 0 atom stereocenters. The molecule has 1 fully saturated rings. The van der Waals surface area contributed by atoms with Gasteiger partial charge in [-0.1, -0.05) is 5.92 Å². The number of carbonyl (C=O) groups excluding carboxylic acids is 1. The summed E-state index contributed by atoms with van der Waals surface area (Å²) in [6.45, 7) is 0. The Balaban J connectivity index is 2.11. The number of hydrogen-bond acceptors (Lipinski definition) is 1. The van der Waals surface area contributed by atoms with Gasteiger partial charge in [0.05, 0.1) is 0 Å². The predicted molar refractivity (Wildman–Crippen MR) is 51.2 cm³/mol. The zero-order valence-corrected chi connectivity index (χ0v) is 7.59. The molecule has 0 N–H and O–H groups in total. The van der Waals surface area contributed by atoms with Crippen molar-refractivity contribution >= 4 is 5.78 Å². The molecule has 0 unspecified atom stereocenters. The van der Waals surface area contributed by atoms with E-state index in [0.717, 1.165) is 12.8 Å². The molecule has 1 aromatic carbocycles. The van der Waals surface area contributed by atoms with Gasteiger partial charge in [0.2, 0.25) is 5.78 Å². The second-order valence-corrected chi connectivity index (χ2v) is 3.38. The van der Waals surface area contributed by atoms with E-state index < -0.39 is 0 Å². The topological polar surface area (TPSA) is 17.1 Å². The van der Waals surface area contributed by atoms with Gasteiger partial charge in [0, 0.05) is 11.5 Å². The molecule has 0 aliphatic heterocycles. The van der Waals surface area contributed by atoms with Crippen LogP contribution < -0.4 is 0 Å². The minimum absolute atomic E-state index is 0.225. The fourth-order valence-corrected chi connectivity index (χ4v) is 1.07. The standard InChI is InChI=1S/C12H9FO/c13-11-6-4-10(5-7-11)12(14)8-3-9-1-2-9/h4-7,9H,1-2H2. The van der Waals surface area contributed by atoms with E-state index in [0.29, 0.717) is 11.5 Å². The molecule has 1 aliphatic carbocycles. The normalized spacial score (nSPS) is 14.4. The van der Waals surface area contributed by atoms with Gasteiger partial charge in [-0.15, -0.1) is 0 Å². The SMILES string of the molecule is O=C(C#CC1CC1)c1ccc(F)cc1. The highest BCUT2D eigenvalue weighted by atomic mass is 19.1. The van der Waals surface area contributed by atoms with Crippen LogP contribution in [0.3, 0.4) is 0 Å². The first kappa shape index (κ1) is 8.96. The second-order valence-electron chi connectivity index (χ2n) is 3.38. The second kappa shape index (κ2) is 3.63. The van der Waals surface area contributed by atoms with Crippen LogP contribution in [0.1, 0.15) is 23.2 Å². The van der Waals surface area contributed by atoms with E-state index in [1.807, 2.05) is 0 Å². The summed E-state index contributed by atoms with van der Waals surface area (Å²) < 4.78 is 12.5. The molecular formula is C12H9FO. The fourth-order valence-electron chi connectivity index (χ4n) is 1.07. The Bertz CT molecular complexity index is 404. The van der Waals surface area contributed by atoms with E-state index in [-0.39, 0.29) is 11.6 Å². The Hall–Kier alpha value is -1.62. The lowest BCUT2D eigenvalue weighted by atomic mass is 10.1. The van der Waals surface area contributed by atoms with Crippen molar-refractivity contribution in [1.29, 1.82) is 0 Å². The highest BCUT2D eigenvalue weighted by Gasteiger charge is 2.18. The molecular weight excluding hydrogens is 179 g/mol. The predicted octanol–water partition coefficient (Wildman–Crippen LogP) is 2.42. The molecule has 2 rings (SSSR count). The summed E-state index contributed by atoms with van der Waals surface area (Å²) in [5.74, 6) is 5.30. The Kier molecular flexibility index (Phi) is 2.32. The Morgan fingerprint density at radius 3 is 2.50 bits per heavy atom. The molecule has 1 nitrogen and oxygen atoms in total. The van der Waals surface area contributed by atoms with Crippen LogP contribution >= 0.6 is 0 Å². The van der Waals surface area contributed by atoms with Crippen LogP contribution in [0.5, 0.6) is 0 Å². The van der Waals surface area contributed by atoms with E-state index in [4.69, 9.17) is 0 Å². The first-order valence-electron chi connectivity index (χ1n) is 4.57. The Morgan fingerprint density at radius 1 is 1.29 bits per heavy atom. The third kappa shape index (κ3) is 2.20. The van der Waals surface area contributed by atoms with E-state index in [2.05, 4.69) is 11.8 Å². The summed E-state index contributed by atoms with van der Waals surface area (Å²) in [7, 11) is 0. The molecule has 0 spiro atoms. The van der Waals surface area contributed by atoms with Crippen LogP contribution in [-0.2, 0) is 0 Å². The summed E-state index contributed by atoms with van der Waals surface area (Å²) in [6, 6.07) is 5.45. The van der Waals surface area contributed by atoms with Crippen molar-refractivity contribution < 1.29 is 9.18 Å². The number of benzene rings is 1. The highest BCUT2D eigenvalue weighted by molar-refractivity contribution is 6.08. The lowest BCUT2D eigenvalue weighted by Crippen LogP contribution is -1.94. The minimum atomic E-state index is -0.336. The maximum absolute atomic E-state index is 12.5. The van der Waals surface area contributed by atoms with E-state index in [1.165, 1.54) is 24.3 Å². The maximum Gasteiger partial charge on any atom is 0.235 e. The third-order valence-electron chi connectivity index (χ3n) is 2.07. The third-order valence-corrected chi connectivity index (χ3v) is 2.07. The van der Waals surface area contributed by atoms with E-state index in [9.17, 15) is 9.18 Å². The largest absolute Gasteiger partial charge is 0.279 e. The lowest BCUT2D eigenvalue weighted by Gasteiger charge is -1.92. The molecule has 1 saturated carbocycles. The van der Waals surface area contributed by atoms with Crippen LogP contribution in [0.2, 0.25) is 0 Å². The van der Waals surface area contributed by atoms with Gasteiger partial charge < -0.3 is 0 Å². The highest BCUT2D eigenvalue weighted by Crippen LogP contribution is 2.27. The molecule has 0 amide bonds. The first-order valence-corrected chi connectivity index (χ1v) is 4.57. The van der Waals surface area contributed by atoms with Crippen LogP contribution in [0.25, 0.3) is 0 Å². The molecule has 1 aliphatic rings. The van der Waals surface area contributed by atoms with Crippen molar-refractivity contribution in [2.75, 3.05) is 0 Å². The Morgan fingerprint density at radius 2 is 1.93 bits per heavy atom. The van der Waals surface area contributed by atoms with Crippen molar-refractivity contribution in [1.82, 2.24) is 0 Å². The summed E-state index contributed by atoms with van der Waals surface area (Å²) in [4.78, 5) is 11.4. The molecule has 0 aromatic heterocycles. The number of rotatable bonds is 1. The van der Waals surface area contributed by atoms with Crippen LogP contribution in [0, 0.1) is 23.6 Å². The van der Waals surface area contributed by atoms with Gasteiger partial charge in [-0.2, -0.15) is 0 Å². The zero-order valence-electron chi connectivity index (χ0n) is 7.59. The number of Topliss-reactive ketones (excluding diaryl/α,β-unsaturated/α-hetero) is 1. The molecule has 14 heavy (non-hydrogen) atoms. The molecule has 0 saturated heterocycles. The summed E-state index contributed by atoms with van der Waals surface area (Å²) in [5.41, 5.74) is 0.458. The lowest BCUT2D eigenvalue weighted by molar-refractivity contribution is 0.105. The molecule has 70 valence electrons. The van der Waals surface area contributed by atoms with Gasteiger partial charge in [0.25, 0.3) is 0 Å². The summed E-state index contributed by atoms with van der Waals surface area (Å²) in [5, 5.41) is 0. The van der Waals surface area contributed by atoms with Gasteiger partial charge in [-0.25, -0.2) is 4.39 Å². The van der Waals surface area contributed by atoms with Crippen molar-refractivity contribution in [3.63, 3.8) is 0 Å². The molecule has 0 radical (unpaired) electrons. The van der Waals surface area contributed by atoms with Crippen molar-refractivity contribution in [3.05, 3.63) is 35.6 Å². The summed E-state index contributed by atoms with van der Waals surface area (Å²) in [6.07, 6.45) is 2.20. The van der Waals surface area contributed by atoms with Gasteiger partial charge in [-0.05, 0) is 43.0 Å². The van der Waals surface area contributed by atoms with Crippen LogP contribution in [-0.4, -0.2) is 5.78 Å². The van der Waals surface area contributed by atoms with Crippen molar-refractivity contribution in [2.24, 2.45) is 5.92 Å². The van der Waals surface area contributed by atoms with Crippen molar-refractivity contribution in [2.45, 2.75) is 12.8 Å². The first-order chi connectivity index (χ1) is 6.75. The van der Waals surface area contributed by atoms with Crippen molar-refractivity contribution in [3.8, 4) is 11.8 Å². The fraction of sp³-hybridized carbons (Fsp3) is 0.250. The molecule has 2 heteroatoms. The summed E-state index contributed by atoms with van der Waals surface area (Å²) >= 11 is 0. The smallest absolute Gasteiger partial charge is 0.235 e. The molecule has 0 bridgehead atoms. The van der Waals surface area contributed by atoms with Crippen LogP contribution in [0.4, 0.5) is 4.39 Å². The van der Waals surface area contributed by atoms with Gasteiger partial charge in [0.15, 0.2) is 0 Å².